The average molecular weight is 285 g/mol. The zero-order valence-corrected chi connectivity index (χ0v) is 11.4. The largest absolute Gasteiger partial charge is 0.273 e. The van der Waals surface area contributed by atoms with Gasteiger partial charge in [0.1, 0.15) is 0 Å². The van der Waals surface area contributed by atoms with Crippen LogP contribution in [0.4, 0.5) is 0 Å². The van der Waals surface area contributed by atoms with Crippen molar-refractivity contribution in [2.75, 3.05) is 6.26 Å². The number of benzene rings is 1. The molecule has 1 aromatic carbocycles. The second-order valence-corrected chi connectivity index (χ2v) is 5.35. The highest BCUT2D eigenvalue weighted by molar-refractivity contribution is 7.98. The van der Waals surface area contributed by atoms with Crippen molar-refractivity contribution in [3.05, 3.63) is 28.8 Å². The van der Waals surface area contributed by atoms with Crippen LogP contribution in [0.15, 0.2) is 23.1 Å². The molecule has 0 radical (unpaired) electrons. The predicted octanol–water partition coefficient (Wildman–Crippen LogP) is 2.23. The van der Waals surface area contributed by atoms with Crippen molar-refractivity contribution >= 4 is 35.2 Å². The van der Waals surface area contributed by atoms with E-state index >= 15 is 0 Å². The number of carbonyl (C=O) groups is 2. The Morgan fingerprint density at radius 1 is 1.33 bits per heavy atom. The summed E-state index contributed by atoms with van der Waals surface area (Å²) in [4.78, 5) is 24.2. The fourth-order valence-corrected chi connectivity index (χ4v) is 2.08. The second kappa shape index (κ2) is 5.63. The van der Waals surface area contributed by atoms with Crippen LogP contribution in [-0.2, 0) is 4.79 Å². The molecule has 18 heavy (non-hydrogen) atoms. The normalized spacial score (nSPS) is 14.1. The summed E-state index contributed by atoms with van der Waals surface area (Å²) < 4.78 is 0. The summed E-state index contributed by atoms with van der Waals surface area (Å²) in [5.74, 6) is -0.483. The minimum Gasteiger partial charge on any atom is -0.273 e. The molecule has 0 bridgehead atoms. The van der Waals surface area contributed by atoms with E-state index in [1.807, 2.05) is 12.3 Å². The van der Waals surface area contributed by atoms with Gasteiger partial charge in [0.2, 0.25) is 5.91 Å². The zero-order valence-electron chi connectivity index (χ0n) is 9.83. The molecule has 0 saturated heterocycles. The maximum Gasteiger partial charge on any atom is 0.271 e. The third-order valence-corrected chi connectivity index (χ3v) is 3.72. The number of rotatable bonds is 3. The smallest absolute Gasteiger partial charge is 0.271 e. The summed E-state index contributed by atoms with van der Waals surface area (Å²) >= 11 is 7.48. The Balaban J connectivity index is 2.00. The fraction of sp³-hybridized carbons (Fsp3) is 0.333. The van der Waals surface area contributed by atoms with Crippen molar-refractivity contribution in [2.24, 2.45) is 5.92 Å². The summed E-state index contributed by atoms with van der Waals surface area (Å²) in [6, 6.07) is 5.21. The van der Waals surface area contributed by atoms with Crippen LogP contribution in [0.5, 0.6) is 0 Å². The van der Waals surface area contributed by atoms with E-state index in [1.165, 1.54) is 11.8 Å². The Bertz CT molecular complexity index is 489. The Morgan fingerprint density at radius 2 is 2.06 bits per heavy atom. The van der Waals surface area contributed by atoms with Gasteiger partial charge >= 0.3 is 0 Å². The van der Waals surface area contributed by atoms with Crippen LogP contribution in [0.25, 0.3) is 0 Å². The predicted molar refractivity (Wildman–Crippen MR) is 71.6 cm³/mol. The standard InChI is InChI=1S/C12H13ClN2O2S/c1-18-8-4-5-10(13)9(6-8)12(17)15-14-11(16)7-2-3-7/h4-7H,2-3H2,1H3,(H,14,16)(H,15,17). The highest BCUT2D eigenvalue weighted by Crippen LogP contribution is 2.28. The molecular weight excluding hydrogens is 272 g/mol. The molecule has 0 aliphatic heterocycles. The molecule has 2 amide bonds. The minimum absolute atomic E-state index is 0.0540. The number of hydrazine groups is 1. The fourth-order valence-electron chi connectivity index (χ4n) is 1.44. The summed E-state index contributed by atoms with van der Waals surface area (Å²) in [7, 11) is 0. The lowest BCUT2D eigenvalue weighted by molar-refractivity contribution is -0.123. The van der Waals surface area contributed by atoms with Crippen molar-refractivity contribution in [3.63, 3.8) is 0 Å². The molecule has 0 atom stereocenters. The highest BCUT2D eigenvalue weighted by atomic mass is 35.5. The van der Waals surface area contributed by atoms with Crippen LogP contribution in [0.1, 0.15) is 23.2 Å². The van der Waals surface area contributed by atoms with Gasteiger partial charge in [-0.05, 0) is 37.3 Å². The number of thioether (sulfide) groups is 1. The molecule has 6 heteroatoms. The first kappa shape index (κ1) is 13.2. The Morgan fingerprint density at radius 3 is 2.67 bits per heavy atom. The molecule has 0 heterocycles. The average Bonchev–Trinajstić information content (AvgIpc) is 3.20. The summed E-state index contributed by atoms with van der Waals surface area (Å²) in [6.07, 6.45) is 3.70. The number of carbonyl (C=O) groups excluding carboxylic acids is 2. The van der Waals surface area contributed by atoms with Crippen molar-refractivity contribution in [2.45, 2.75) is 17.7 Å². The Hall–Kier alpha value is -1.20. The van der Waals surface area contributed by atoms with Crippen LogP contribution >= 0.6 is 23.4 Å². The van der Waals surface area contributed by atoms with E-state index in [0.29, 0.717) is 10.6 Å². The van der Waals surface area contributed by atoms with Crippen LogP contribution in [0.2, 0.25) is 5.02 Å². The molecule has 1 saturated carbocycles. The Labute approximate surface area is 114 Å². The lowest BCUT2D eigenvalue weighted by Gasteiger charge is -2.08. The molecule has 0 aromatic heterocycles. The van der Waals surface area contributed by atoms with Gasteiger partial charge in [-0.2, -0.15) is 0 Å². The van der Waals surface area contributed by atoms with E-state index in [-0.39, 0.29) is 11.8 Å². The SMILES string of the molecule is CSc1ccc(Cl)c(C(=O)NNC(=O)C2CC2)c1. The van der Waals surface area contributed by atoms with Crippen LogP contribution in [0.3, 0.4) is 0 Å². The topological polar surface area (TPSA) is 58.2 Å². The van der Waals surface area contributed by atoms with Gasteiger partial charge in [-0.3, -0.25) is 20.4 Å². The number of hydrogen-bond acceptors (Lipinski definition) is 3. The van der Waals surface area contributed by atoms with Gasteiger partial charge in [0.05, 0.1) is 10.6 Å². The van der Waals surface area contributed by atoms with Crippen molar-refractivity contribution in [1.29, 1.82) is 0 Å². The number of halogens is 1. The molecule has 0 spiro atoms. The molecule has 4 nitrogen and oxygen atoms in total. The second-order valence-electron chi connectivity index (χ2n) is 4.06. The van der Waals surface area contributed by atoms with Crippen LogP contribution < -0.4 is 10.9 Å². The monoisotopic (exact) mass is 284 g/mol. The first-order valence-electron chi connectivity index (χ1n) is 5.55. The van der Waals surface area contributed by atoms with E-state index in [1.54, 1.807) is 12.1 Å². The number of hydrogen-bond donors (Lipinski definition) is 2. The third-order valence-electron chi connectivity index (χ3n) is 2.67. The van der Waals surface area contributed by atoms with Gasteiger partial charge in [0.15, 0.2) is 0 Å². The molecule has 2 N–H and O–H groups in total. The first-order chi connectivity index (χ1) is 8.61. The van der Waals surface area contributed by atoms with Gasteiger partial charge in [-0.1, -0.05) is 11.6 Å². The quantitative estimate of drug-likeness (QED) is 0.661. The maximum absolute atomic E-state index is 11.9. The van der Waals surface area contributed by atoms with E-state index < -0.39 is 5.91 Å². The first-order valence-corrected chi connectivity index (χ1v) is 7.16. The van der Waals surface area contributed by atoms with Crippen molar-refractivity contribution < 1.29 is 9.59 Å². The highest BCUT2D eigenvalue weighted by Gasteiger charge is 2.29. The van der Waals surface area contributed by atoms with E-state index in [2.05, 4.69) is 10.9 Å². The van der Waals surface area contributed by atoms with Gasteiger partial charge in [0, 0.05) is 10.8 Å². The van der Waals surface area contributed by atoms with Gasteiger partial charge < -0.3 is 0 Å². The van der Waals surface area contributed by atoms with Crippen LogP contribution in [-0.4, -0.2) is 18.1 Å². The van der Waals surface area contributed by atoms with E-state index in [4.69, 9.17) is 11.6 Å². The van der Waals surface area contributed by atoms with Gasteiger partial charge in [0.25, 0.3) is 5.91 Å². The molecule has 1 fully saturated rings. The molecule has 1 aromatic rings. The molecular formula is C12H13ClN2O2S. The van der Waals surface area contributed by atoms with E-state index in [0.717, 1.165) is 17.7 Å². The lowest BCUT2D eigenvalue weighted by Crippen LogP contribution is -2.42. The maximum atomic E-state index is 11.9. The number of nitrogens with one attached hydrogen (secondary N) is 2. The molecule has 0 unspecified atom stereocenters. The zero-order chi connectivity index (χ0) is 13.1. The molecule has 96 valence electrons. The summed E-state index contributed by atoms with van der Waals surface area (Å²) in [5, 5.41) is 0.367. The number of amides is 2. The molecule has 2 rings (SSSR count). The van der Waals surface area contributed by atoms with Gasteiger partial charge in [-0.25, -0.2) is 0 Å². The van der Waals surface area contributed by atoms with Crippen molar-refractivity contribution in [3.8, 4) is 0 Å². The Kier molecular flexibility index (Phi) is 4.14. The minimum atomic E-state index is -0.398. The summed E-state index contributed by atoms with van der Waals surface area (Å²) in [6.45, 7) is 0. The van der Waals surface area contributed by atoms with Crippen LogP contribution in [0, 0.1) is 5.92 Å². The van der Waals surface area contributed by atoms with Gasteiger partial charge in [-0.15, -0.1) is 11.8 Å². The van der Waals surface area contributed by atoms with E-state index in [9.17, 15) is 9.59 Å². The summed E-state index contributed by atoms with van der Waals surface area (Å²) in [5.41, 5.74) is 5.14. The molecule has 1 aliphatic carbocycles. The third kappa shape index (κ3) is 3.17. The molecule has 1 aliphatic rings. The van der Waals surface area contributed by atoms with Crippen molar-refractivity contribution in [1.82, 2.24) is 10.9 Å². The lowest BCUT2D eigenvalue weighted by atomic mass is 10.2.